The second-order valence-electron chi connectivity index (χ2n) is 5.53. The number of nitrogens with one attached hydrogen (secondary N) is 1. The van der Waals surface area contributed by atoms with Gasteiger partial charge in [0.2, 0.25) is 10.0 Å². The number of piperidine rings is 1. The molecule has 1 saturated heterocycles. The minimum absolute atomic E-state index is 0.0278. The van der Waals surface area contributed by atoms with Crippen LogP contribution < -0.4 is 11.1 Å². The van der Waals surface area contributed by atoms with Crippen molar-refractivity contribution in [2.45, 2.75) is 44.7 Å². The highest BCUT2D eigenvalue weighted by Gasteiger charge is 2.29. The molecule has 0 spiro atoms. The van der Waals surface area contributed by atoms with E-state index in [1.54, 1.807) is 4.31 Å². The van der Waals surface area contributed by atoms with Gasteiger partial charge in [-0.05, 0) is 39.7 Å². The highest BCUT2D eigenvalue weighted by atomic mass is 32.2. The van der Waals surface area contributed by atoms with Crippen LogP contribution in [0.25, 0.3) is 0 Å². The summed E-state index contributed by atoms with van der Waals surface area (Å²) in [6, 6.07) is 0.236. The first-order chi connectivity index (χ1) is 7.74. The van der Waals surface area contributed by atoms with Crippen LogP contribution in [-0.4, -0.2) is 50.2 Å². The predicted molar refractivity (Wildman–Crippen MR) is 70.3 cm³/mol. The van der Waals surface area contributed by atoms with Crippen LogP contribution in [0.2, 0.25) is 0 Å². The third-order valence-corrected chi connectivity index (χ3v) is 4.49. The maximum atomic E-state index is 11.5. The molecule has 102 valence electrons. The monoisotopic (exact) mass is 263 g/mol. The van der Waals surface area contributed by atoms with E-state index in [0.717, 1.165) is 19.3 Å². The van der Waals surface area contributed by atoms with E-state index in [0.29, 0.717) is 19.6 Å². The van der Waals surface area contributed by atoms with Gasteiger partial charge >= 0.3 is 0 Å². The number of nitrogens with two attached hydrogens (primary N) is 1. The summed E-state index contributed by atoms with van der Waals surface area (Å²) in [4.78, 5) is 0. The smallest absolute Gasteiger partial charge is 0.211 e. The van der Waals surface area contributed by atoms with Crippen LogP contribution in [0.5, 0.6) is 0 Å². The molecule has 17 heavy (non-hydrogen) atoms. The standard InChI is InChI=1S/C11H25N3O2S/c1-11(2,6-7-12)13-10-5-4-8-14(9-10)17(3,15)16/h10,13H,4-9,12H2,1-3H3. The van der Waals surface area contributed by atoms with E-state index < -0.39 is 10.0 Å². The Hall–Kier alpha value is -0.170. The zero-order chi connectivity index (χ0) is 13.1. The fourth-order valence-electron chi connectivity index (χ4n) is 2.35. The second-order valence-corrected chi connectivity index (χ2v) is 7.51. The molecule has 0 aromatic heterocycles. The van der Waals surface area contributed by atoms with E-state index in [1.165, 1.54) is 6.26 Å². The molecule has 3 N–H and O–H groups in total. The van der Waals surface area contributed by atoms with E-state index >= 15 is 0 Å². The van der Waals surface area contributed by atoms with Gasteiger partial charge in [-0.15, -0.1) is 0 Å². The van der Waals surface area contributed by atoms with Gasteiger partial charge in [-0.3, -0.25) is 0 Å². The summed E-state index contributed by atoms with van der Waals surface area (Å²) in [7, 11) is -3.06. The summed E-state index contributed by atoms with van der Waals surface area (Å²) >= 11 is 0. The highest BCUT2D eigenvalue weighted by molar-refractivity contribution is 7.88. The minimum Gasteiger partial charge on any atom is -0.330 e. The van der Waals surface area contributed by atoms with E-state index in [4.69, 9.17) is 5.73 Å². The quantitative estimate of drug-likeness (QED) is 0.739. The van der Waals surface area contributed by atoms with Crippen molar-refractivity contribution in [2.24, 2.45) is 5.73 Å². The Kier molecular flexibility index (Phi) is 4.95. The molecule has 1 aliphatic rings. The average molecular weight is 263 g/mol. The van der Waals surface area contributed by atoms with E-state index in [-0.39, 0.29) is 11.6 Å². The molecular weight excluding hydrogens is 238 g/mol. The largest absolute Gasteiger partial charge is 0.330 e. The molecule has 0 aromatic rings. The Morgan fingerprint density at radius 2 is 2.12 bits per heavy atom. The Balaban J connectivity index is 2.56. The molecule has 1 unspecified atom stereocenters. The minimum atomic E-state index is -3.06. The zero-order valence-electron chi connectivity index (χ0n) is 11.1. The highest BCUT2D eigenvalue weighted by Crippen LogP contribution is 2.17. The lowest BCUT2D eigenvalue weighted by Crippen LogP contribution is -2.54. The fourth-order valence-corrected chi connectivity index (χ4v) is 3.26. The lowest BCUT2D eigenvalue weighted by Gasteiger charge is -2.37. The van der Waals surface area contributed by atoms with Crippen molar-refractivity contribution in [3.8, 4) is 0 Å². The lowest BCUT2D eigenvalue weighted by molar-refractivity contribution is 0.231. The molecule has 0 radical (unpaired) electrons. The number of sulfonamides is 1. The van der Waals surface area contributed by atoms with E-state index in [1.807, 2.05) is 0 Å². The van der Waals surface area contributed by atoms with Crippen LogP contribution in [-0.2, 0) is 10.0 Å². The topological polar surface area (TPSA) is 75.4 Å². The van der Waals surface area contributed by atoms with Gasteiger partial charge in [0.05, 0.1) is 6.26 Å². The number of rotatable bonds is 5. The van der Waals surface area contributed by atoms with Crippen LogP contribution in [0.15, 0.2) is 0 Å². The third-order valence-electron chi connectivity index (χ3n) is 3.22. The predicted octanol–water partition coefficient (Wildman–Crippen LogP) is 0.127. The van der Waals surface area contributed by atoms with Crippen LogP contribution in [0, 0.1) is 0 Å². The Morgan fingerprint density at radius 1 is 1.47 bits per heavy atom. The zero-order valence-corrected chi connectivity index (χ0v) is 11.9. The first-order valence-corrected chi connectivity index (χ1v) is 8.02. The first kappa shape index (κ1) is 14.9. The molecule has 0 aliphatic carbocycles. The summed E-state index contributed by atoms with van der Waals surface area (Å²) in [5.74, 6) is 0. The molecule has 1 atom stereocenters. The van der Waals surface area contributed by atoms with Crippen molar-refractivity contribution < 1.29 is 8.42 Å². The van der Waals surface area contributed by atoms with Crippen LogP contribution in [0.3, 0.4) is 0 Å². The molecule has 0 saturated carbocycles. The molecule has 1 fully saturated rings. The SMILES string of the molecule is CC(C)(CCN)NC1CCCN(S(C)(=O)=O)C1. The van der Waals surface area contributed by atoms with Gasteiger partial charge in [0, 0.05) is 24.7 Å². The van der Waals surface area contributed by atoms with Crippen molar-refractivity contribution in [2.75, 3.05) is 25.9 Å². The maximum absolute atomic E-state index is 11.5. The molecule has 6 heteroatoms. The van der Waals surface area contributed by atoms with Crippen LogP contribution in [0.1, 0.15) is 33.1 Å². The summed E-state index contributed by atoms with van der Waals surface area (Å²) in [5, 5.41) is 3.51. The third kappa shape index (κ3) is 4.91. The van der Waals surface area contributed by atoms with Gasteiger partial charge in [-0.1, -0.05) is 0 Å². The van der Waals surface area contributed by atoms with Crippen molar-refractivity contribution in [1.29, 1.82) is 0 Å². The molecule has 5 nitrogen and oxygen atoms in total. The summed E-state index contributed by atoms with van der Waals surface area (Å²) in [5.41, 5.74) is 5.54. The van der Waals surface area contributed by atoms with Gasteiger partial charge in [0.25, 0.3) is 0 Å². The summed E-state index contributed by atoms with van der Waals surface area (Å²) in [6.45, 7) is 6.09. The van der Waals surface area contributed by atoms with Crippen LogP contribution >= 0.6 is 0 Å². The fraction of sp³-hybridized carbons (Fsp3) is 1.00. The normalized spacial score (nSPS) is 23.9. The lowest BCUT2D eigenvalue weighted by atomic mass is 9.97. The number of hydrogen-bond acceptors (Lipinski definition) is 4. The van der Waals surface area contributed by atoms with E-state index in [2.05, 4.69) is 19.2 Å². The average Bonchev–Trinajstić information content (AvgIpc) is 2.15. The van der Waals surface area contributed by atoms with Crippen molar-refractivity contribution >= 4 is 10.0 Å². The molecule has 0 amide bonds. The molecule has 1 rings (SSSR count). The second kappa shape index (κ2) is 5.65. The number of nitrogens with zero attached hydrogens (tertiary/aromatic N) is 1. The van der Waals surface area contributed by atoms with Gasteiger partial charge in [-0.2, -0.15) is 0 Å². The van der Waals surface area contributed by atoms with E-state index in [9.17, 15) is 8.42 Å². The Morgan fingerprint density at radius 3 is 2.65 bits per heavy atom. The van der Waals surface area contributed by atoms with Gasteiger partial charge in [0.15, 0.2) is 0 Å². The van der Waals surface area contributed by atoms with Gasteiger partial charge < -0.3 is 11.1 Å². The van der Waals surface area contributed by atoms with Gasteiger partial charge in [0.1, 0.15) is 0 Å². The van der Waals surface area contributed by atoms with Crippen molar-refractivity contribution in [1.82, 2.24) is 9.62 Å². The molecule has 0 aromatic carbocycles. The summed E-state index contributed by atoms with van der Waals surface area (Å²) in [6.07, 6.45) is 4.12. The molecular formula is C11H25N3O2S. The Labute approximate surface area is 105 Å². The number of hydrogen-bond donors (Lipinski definition) is 2. The summed E-state index contributed by atoms with van der Waals surface area (Å²) < 4.78 is 24.6. The van der Waals surface area contributed by atoms with Crippen molar-refractivity contribution in [3.63, 3.8) is 0 Å². The molecule has 1 aliphatic heterocycles. The van der Waals surface area contributed by atoms with Crippen molar-refractivity contribution in [3.05, 3.63) is 0 Å². The Bertz CT molecular complexity index is 341. The molecule has 0 bridgehead atoms. The first-order valence-electron chi connectivity index (χ1n) is 6.17. The van der Waals surface area contributed by atoms with Crippen LogP contribution in [0.4, 0.5) is 0 Å². The molecule has 1 heterocycles. The maximum Gasteiger partial charge on any atom is 0.211 e. The van der Waals surface area contributed by atoms with Gasteiger partial charge in [-0.25, -0.2) is 12.7 Å².